The molecular weight excluding hydrogens is 502 g/mol. The van der Waals surface area contributed by atoms with Crippen LogP contribution in [0.1, 0.15) is 32.5 Å². The molecule has 2 aliphatic heterocycles. The van der Waals surface area contributed by atoms with Crippen molar-refractivity contribution in [3.8, 4) is 0 Å². The standard InChI is InChI=1S/C33H29N3O2S/c1-34-16-18-35(19-17-34)33(37)23-12-14-25(15-13-23)36-28-9-4-3-8-26(28)27(32-11-6-20-39-32)22-29(36)31-21-24-7-2-5-10-30(24)38-31/h2-15,20-22,27H,16-19H2,1H3. The molecule has 1 atom stereocenters. The van der Waals surface area contributed by atoms with E-state index >= 15 is 0 Å². The molecule has 7 rings (SSSR count). The summed E-state index contributed by atoms with van der Waals surface area (Å²) in [6.07, 6.45) is 2.31. The Bertz CT molecular complexity index is 1630. The second-order valence-electron chi connectivity index (χ2n) is 10.2. The number of para-hydroxylation sites is 2. The molecule has 1 amide bonds. The van der Waals surface area contributed by atoms with Crippen molar-refractivity contribution in [2.75, 3.05) is 38.1 Å². The number of hydrogen-bond donors (Lipinski definition) is 0. The van der Waals surface area contributed by atoms with Gasteiger partial charge in [-0.15, -0.1) is 11.3 Å². The van der Waals surface area contributed by atoms with E-state index in [1.807, 2.05) is 35.2 Å². The molecule has 4 heterocycles. The number of carbonyl (C=O) groups is 1. The van der Waals surface area contributed by atoms with E-state index in [1.165, 1.54) is 10.4 Å². The monoisotopic (exact) mass is 531 g/mol. The lowest BCUT2D eigenvalue weighted by Gasteiger charge is -2.35. The minimum Gasteiger partial charge on any atom is -0.455 e. The molecule has 2 aromatic heterocycles. The van der Waals surface area contributed by atoms with Crippen molar-refractivity contribution in [2.45, 2.75) is 5.92 Å². The zero-order chi connectivity index (χ0) is 26.3. The second kappa shape index (κ2) is 9.88. The number of rotatable bonds is 4. The first kappa shape index (κ1) is 23.9. The van der Waals surface area contributed by atoms with E-state index in [9.17, 15) is 4.79 Å². The Kier molecular flexibility index (Phi) is 6.06. The summed E-state index contributed by atoms with van der Waals surface area (Å²) >= 11 is 1.77. The SMILES string of the molecule is CN1CCN(C(=O)c2ccc(N3C(c4cc5ccccc5o4)=CC(c4cccs4)c4ccccc43)cc2)CC1. The number of anilines is 2. The molecule has 5 aromatic rings. The Balaban J connectivity index is 1.32. The van der Waals surface area contributed by atoms with Gasteiger partial charge in [0.2, 0.25) is 0 Å². The third-order valence-corrected chi connectivity index (χ3v) is 8.72. The van der Waals surface area contributed by atoms with Gasteiger partial charge in [-0.25, -0.2) is 0 Å². The van der Waals surface area contributed by atoms with Gasteiger partial charge in [-0.1, -0.05) is 42.5 Å². The maximum Gasteiger partial charge on any atom is 0.253 e. The van der Waals surface area contributed by atoms with Gasteiger partial charge in [-0.05, 0) is 72.6 Å². The summed E-state index contributed by atoms with van der Waals surface area (Å²) in [6, 6.07) is 31.2. The number of carbonyl (C=O) groups excluding carboxylic acids is 1. The topological polar surface area (TPSA) is 39.9 Å². The number of allylic oxidation sites excluding steroid dienone is 1. The van der Waals surface area contributed by atoms with E-state index in [4.69, 9.17) is 4.42 Å². The number of furan rings is 1. The largest absolute Gasteiger partial charge is 0.455 e. The fourth-order valence-electron chi connectivity index (χ4n) is 5.63. The lowest BCUT2D eigenvalue weighted by molar-refractivity contribution is 0.0664. The third-order valence-electron chi connectivity index (χ3n) is 7.77. The number of likely N-dealkylation sites (N-methyl/N-ethyl adjacent to an activating group) is 1. The Morgan fingerprint density at radius 1 is 0.872 bits per heavy atom. The molecule has 0 bridgehead atoms. The average Bonchev–Trinajstić information content (AvgIpc) is 3.67. The molecule has 1 unspecified atom stereocenters. The van der Waals surface area contributed by atoms with E-state index in [1.54, 1.807) is 11.3 Å². The van der Waals surface area contributed by atoms with Crippen molar-refractivity contribution in [1.29, 1.82) is 0 Å². The van der Waals surface area contributed by atoms with Crippen LogP contribution < -0.4 is 4.90 Å². The molecule has 39 heavy (non-hydrogen) atoms. The summed E-state index contributed by atoms with van der Waals surface area (Å²) in [7, 11) is 2.10. The lowest BCUT2D eigenvalue weighted by Crippen LogP contribution is -2.47. The normalized spacial score (nSPS) is 17.8. The molecule has 0 aliphatic carbocycles. The van der Waals surface area contributed by atoms with Crippen molar-refractivity contribution in [2.24, 2.45) is 0 Å². The van der Waals surface area contributed by atoms with Crippen LogP contribution in [0.2, 0.25) is 0 Å². The zero-order valence-electron chi connectivity index (χ0n) is 21.8. The molecule has 0 radical (unpaired) electrons. The Hall–Kier alpha value is -4.13. The number of nitrogens with zero attached hydrogens (tertiary/aromatic N) is 3. The van der Waals surface area contributed by atoms with Gasteiger partial charge in [-0.3, -0.25) is 4.79 Å². The number of hydrogen-bond acceptors (Lipinski definition) is 5. The van der Waals surface area contributed by atoms with Crippen molar-refractivity contribution >= 4 is 45.3 Å². The van der Waals surface area contributed by atoms with Crippen LogP contribution >= 0.6 is 11.3 Å². The Labute approximate surface area is 232 Å². The first-order valence-corrected chi connectivity index (χ1v) is 14.2. The van der Waals surface area contributed by atoms with Crippen LogP contribution in [0.25, 0.3) is 16.7 Å². The number of benzene rings is 3. The summed E-state index contributed by atoms with van der Waals surface area (Å²) in [5.74, 6) is 1.04. The van der Waals surface area contributed by atoms with Crippen LogP contribution in [0.15, 0.2) is 107 Å². The maximum absolute atomic E-state index is 13.2. The molecule has 0 saturated carbocycles. The van der Waals surface area contributed by atoms with Gasteiger partial charge in [0.15, 0.2) is 5.76 Å². The average molecular weight is 532 g/mol. The van der Waals surface area contributed by atoms with Gasteiger partial charge in [0.05, 0.1) is 11.4 Å². The van der Waals surface area contributed by atoms with Crippen molar-refractivity contribution < 1.29 is 9.21 Å². The molecule has 1 saturated heterocycles. The van der Waals surface area contributed by atoms with Crippen LogP contribution in [-0.2, 0) is 0 Å². The Morgan fingerprint density at radius 2 is 1.64 bits per heavy atom. The molecule has 1 fully saturated rings. The molecule has 0 N–H and O–H groups in total. The molecular formula is C33H29N3O2S. The maximum atomic E-state index is 13.2. The minimum absolute atomic E-state index is 0.0968. The lowest BCUT2D eigenvalue weighted by atomic mass is 9.89. The van der Waals surface area contributed by atoms with E-state index in [0.717, 1.165) is 65.5 Å². The summed E-state index contributed by atoms with van der Waals surface area (Å²) in [5, 5.41) is 3.21. The second-order valence-corrected chi connectivity index (χ2v) is 11.2. The highest BCUT2D eigenvalue weighted by Gasteiger charge is 2.31. The highest BCUT2D eigenvalue weighted by molar-refractivity contribution is 7.10. The number of amides is 1. The van der Waals surface area contributed by atoms with Gasteiger partial charge < -0.3 is 19.1 Å². The van der Waals surface area contributed by atoms with Crippen molar-refractivity contribution in [3.63, 3.8) is 0 Å². The zero-order valence-corrected chi connectivity index (χ0v) is 22.6. The fourth-order valence-corrected chi connectivity index (χ4v) is 6.45. The van der Waals surface area contributed by atoms with Crippen LogP contribution in [0.5, 0.6) is 0 Å². The van der Waals surface area contributed by atoms with Gasteiger partial charge in [0.25, 0.3) is 5.91 Å². The van der Waals surface area contributed by atoms with Gasteiger partial charge >= 0.3 is 0 Å². The first-order chi connectivity index (χ1) is 19.2. The van der Waals surface area contributed by atoms with Gasteiger partial charge in [0.1, 0.15) is 5.58 Å². The highest BCUT2D eigenvalue weighted by Crippen LogP contribution is 2.48. The van der Waals surface area contributed by atoms with Crippen molar-refractivity contribution in [3.05, 3.63) is 124 Å². The van der Waals surface area contributed by atoms with E-state index < -0.39 is 0 Å². The van der Waals surface area contributed by atoms with E-state index in [0.29, 0.717) is 0 Å². The van der Waals surface area contributed by atoms with Crippen LogP contribution in [0.4, 0.5) is 11.4 Å². The minimum atomic E-state index is 0.0968. The highest BCUT2D eigenvalue weighted by atomic mass is 32.1. The predicted molar refractivity (Wildman–Crippen MR) is 159 cm³/mol. The quantitative estimate of drug-likeness (QED) is 0.246. The molecule has 194 valence electrons. The summed E-state index contributed by atoms with van der Waals surface area (Å²) in [4.78, 5) is 21.0. The van der Waals surface area contributed by atoms with Crippen LogP contribution in [-0.4, -0.2) is 48.9 Å². The van der Waals surface area contributed by atoms with Crippen LogP contribution in [0, 0.1) is 0 Å². The van der Waals surface area contributed by atoms with Gasteiger partial charge in [0, 0.05) is 53.6 Å². The first-order valence-electron chi connectivity index (χ1n) is 13.4. The summed E-state index contributed by atoms with van der Waals surface area (Å²) in [6.45, 7) is 3.34. The number of thiophene rings is 1. The smallest absolute Gasteiger partial charge is 0.253 e. The molecule has 5 nitrogen and oxygen atoms in total. The van der Waals surface area contributed by atoms with Crippen LogP contribution in [0.3, 0.4) is 0 Å². The van der Waals surface area contributed by atoms with E-state index in [2.05, 4.69) is 89.0 Å². The molecule has 6 heteroatoms. The van der Waals surface area contributed by atoms with Gasteiger partial charge in [-0.2, -0.15) is 0 Å². The van der Waals surface area contributed by atoms with E-state index in [-0.39, 0.29) is 11.8 Å². The number of piperazine rings is 1. The fraction of sp³-hybridized carbons (Fsp3) is 0.182. The summed E-state index contributed by atoms with van der Waals surface area (Å²) < 4.78 is 6.42. The third kappa shape index (κ3) is 4.36. The number of fused-ring (bicyclic) bond motifs is 2. The molecule has 2 aliphatic rings. The molecule has 0 spiro atoms. The summed E-state index contributed by atoms with van der Waals surface area (Å²) in [5.41, 5.74) is 5.95. The molecule has 3 aromatic carbocycles. The van der Waals surface area contributed by atoms with Crippen molar-refractivity contribution in [1.82, 2.24) is 9.80 Å². The predicted octanol–water partition coefficient (Wildman–Crippen LogP) is 7.21. The Morgan fingerprint density at radius 3 is 2.41 bits per heavy atom.